The van der Waals surface area contributed by atoms with Crippen LogP contribution in [0.5, 0.6) is 172 Å². The number of aliphatic hydroxyl groups is 1. The first-order valence-electron chi connectivity index (χ1n) is 37.3. The van der Waals surface area contributed by atoms with E-state index in [4.69, 9.17) is 52.1 Å². The minimum Gasteiger partial charge on any atom is -0.504 e. The van der Waals surface area contributed by atoms with E-state index in [0.717, 1.165) is 5.56 Å². The Morgan fingerprint density at radius 1 is 0.276 bits per heavy atom. The van der Waals surface area contributed by atoms with Gasteiger partial charge in [0.25, 0.3) is 0 Å². The summed E-state index contributed by atoms with van der Waals surface area (Å²) in [5.41, 5.74) is -8.93. The summed E-state index contributed by atoms with van der Waals surface area (Å²) >= 11 is 0. The molecule has 0 unspecified atom stereocenters. The van der Waals surface area contributed by atoms with Crippen LogP contribution < -0.4 is 29.0 Å². The number of carbonyl (C=O) groups is 10. The zero-order valence-electron chi connectivity index (χ0n) is 67.4. The van der Waals surface area contributed by atoms with Crippen molar-refractivity contribution in [2.45, 2.75) is 49.8 Å². The molecule has 48 nitrogen and oxygen atoms in total. The molecule has 0 aliphatic carbocycles. The number of ether oxygens (including phenoxy) is 11. The third-order valence-electron chi connectivity index (χ3n) is 19.0. The Morgan fingerprint density at radius 3 is 0.731 bits per heavy atom. The number of hydrogen-bond donors (Lipinski definition) is 27. The molecular formula is C86H67NO47. The van der Waals surface area contributed by atoms with E-state index in [1.807, 2.05) is 44.3 Å². The van der Waals surface area contributed by atoms with Crippen LogP contribution >= 0.6 is 0 Å². The molecule has 698 valence electrons. The molecule has 1 fully saturated rings. The van der Waals surface area contributed by atoms with Crippen LogP contribution in [0.15, 0.2) is 152 Å². The normalized spacial score (nSPS) is 14.7. The van der Waals surface area contributed by atoms with Gasteiger partial charge in [0.2, 0.25) is 41.1 Å². The van der Waals surface area contributed by atoms with Gasteiger partial charge in [0.15, 0.2) is 156 Å². The van der Waals surface area contributed by atoms with E-state index >= 15 is 14.4 Å². The molecule has 11 aromatic carbocycles. The summed E-state index contributed by atoms with van der Waals surface area (Å²) in [5.74, 6) is -56.0. The van der Waals surface area contributed by atoms with Gasteiger partial charge in [-0.3, -0.25) is 0 Å². The van der Waals surface area contributed by atoms with E-state index in [-0.39, 0.29) is 6.04 Å². The van der Waals surface area contributed by atoms with E-state index in [2.05, 4.69) is 5.32 Å². The van der Waals surface area contributed by atoms with Crippen LogP contribution in [0.4, 0.5) is 0 Å². The van der Waals surface area contributed by atoms with Crippen molar-refractivity contribution in [3.63, 3.8) is 0 Å². The Morgan fingerprint density at radius 2 is 0.485 bits per heavy atom. The van der Waals surface area contributed by atoms with Crippen molar-refractivity contribution in [3.8, 4) is 172 Å². The highest BCUT2D eigenvalue weighted by Crippen LogP contribution is 2.48. The lowest BCUT2D eigenvalue weighted by molar-refractivity contribution is -0.282. The standard InChI is InChI=1S/C76H52O46.C10H15NO/c77-32-1-22(2-33(78)53(32)92)67(103)113-47-16-27(11-42(87)58(47)97)66(102)112-21-52-63(119-72(108)28-12-43(88)59(98)48(17-28)114-68(104)23-3-34(79)54(93)35(80)4-23)64(120-73(109)29-13-44(89)60(99)49(18-29)115-69(105)24-5-36(81)55(94)37(82)6-24)65(121-74(110)30-14-45(90)61(100)50(19-30)116-70(106)25-7-38(83)56(95)39(84)8-25)76(118-52)122-75(111)31-15-46(91)62(101)51(20-31)117-71(107)26-9-40(85)57(96)41(86)10-26;1-8(11-2)10(12)9-6-4-3-5-7-9/h1-20,52,63-65,76-101H,21H2;3-8,10-12H,1-2H3/t52-,63-,64+,65-,76+;8-,10+/m10/s1. The number of esters is 10. The Bertz CT molecular complexity index is 6470. The predicted octanol–water partition coefficient (Wildman–Crippen LogP) is 6.17. The van der Waals surface area contributed by atoms with Crippen molar-refractivity contribution in [1.29, 1.82) is 0 Å². The minimum atomic E-state index is -3.12. The van der Waals surface area contributed by atoms with Crippen molar-refractivity contribution >= 4 is 59.7 Å². The third kappa shape index (κ3) is 21.0. The summed E-state index contributed by atoms with van der Waals surface area (Å²) in [6.45, 7) is 0.248. The highest BCUT2D eigenvalue weighted by Gasteiger charge is 2.55. The molecule has 0 spiro atoms. The number of phenols is 25. The number of rotatable bonds is 24. The second-order valence-corrected chi connectivity index (χ2v) is 28.1. The molecule has 1 heterocycles. The summed E-state index contributed by atoms with van der Waals surface area (Å²) in [7, 11) is 1.84. The average molecular weight is 1870 g/mol. The number of phenolic OH excluding ortho intramolecular Hbond substituents is 25. The van der Waals surface area contributed by atoms with Crippen molar-refractivity contribution in [3.05, 3.63) is 213 Å². The smallest absolute Gasteiger partial charge is 0.343 e. The molecular weight excluding hydrogens is 1800 g/mol. The number of nitrogens with one attached hydrogen (secondary N) is 1. The lowest BCUT2D eigenvalue weighted by atomic mass is 9.97. The second kappa shape index (κ2) is 39.1. The maximum atomic E-state index is 15.3. The van der Waals surface area contributed by atoms with Crippen LogP contribution in [-0.4, -0.2) is 243 Å². The van der Waals surface area contributed by atoms with Crippen molar-refractivity contribution in [2.75, 3.05) is 13.7 Å². The summed E-state index contributed by atoms with van der Waals surface area (Å²) in [6, 6.07) is 18.3. The predicted molar refractivity (Wildman–Crippen MR) is 433 cm³/mol. The van der Waals surface area contributed by atoms with Crippen molar-refractivity contribution in [1.82, 2.24) is 5.32 Å². The monoisotopic (exact) mass is 1870 g/mol. The highest BCUT2D eigenvalue weighted by atomic mass is 16.8. The van der Waals surface area contributed by atoms with Crippen LogP contribution in [0.25, 0.3) is 0 Å². The quantitative estimate of drug-likeness (QED) is 0.0139. The number of hydrogen-bond acceptors (Lipinski definition) is 48. The molecule has 48 heteroatoms. The Kier molecular flexibility index (Phi) is 27.9. The zero-order chi connectivity index (χ0) is 98.4. The van der Waals surface area contributed by atoms with Gasteiger partial charge in [-0.1, -0.05) is 30.3 Å². The number of benzene rings is 11. The van der Waals surface area contributed by atoms with E-state index in [1.54, 1.807) is 0 Å². The fourth-order valence-corrected chi connectivity index (χ4v) is 11.9. The topological polar surface area (TPSA) is 810 Å². The molecule has 0 saturated carbocycles. The Hall–Kier alpha value is -19.0. The second-order valence-electron chi connectivity index (χ2n) is 28.1. The SMILES string of the molecule is CN[C@@H](C)[C@@H](O)c1ccccc1.O=C(OC[C@H]1O[C@@H](OC(=O)c2cc(O)c(O)c(OC(=O)c3cc(O)c(O)c(O)c3)c2)[C@H](OC(=O)c2cc(O)c(O)c(OC(=O)c3cc(O)c(O)c(O)c3)c2)[C@@H](OC(=O)c2cc(O)c(O)c(OC(=O)c3cc(O)c(O)c(O)c3)c2)[C@@H]1OC(=O)c1cc(O)c(O)c(OC(=O)c2cc(O)c(O)c(O)c2)c1)c1cc(O)c(O)c(OC(=O)c2cc(O)c(O)c(O)c2)c1. The van der Waals surface area contributed by atoms with Crippen LogP contribution in [0.2, 0.25) is 0 Å². The van der Waals surface area contributed by atoms with E-state index in [9.17, 15) is 166 Å². The molecule has 12 rings (SSSR count). The van der Waals surface area contributed by atoms with Crippen LogP contribution in [0, 0.1) is 0 Å². The highest BCUT2D eigenvalue weighted by molar-refractivity contribution is 6.00. The first-order valence-corrected chi connectivity index (χ1v) is 37.3. The lowest BCUT2D eigenvalue weighted by Crippen LogP contribution is -2.63. The van der Waals surface area contributed by atoms with E-state index in [0.29, 0.717) is 121 Å². The molecule has 0 bridgehead atoms. The first-order chi connectivity index (χ1) is 63.1. The number of carbonyl (C=O) groups excluding carboxylic acids is 10. The maximum Gasteiger partial charge on any atom is 0.343 e. The average Bonchev–Trinajstić information content (AvgIpc) is 0.762. The molecule has 1 aliphatic rings. The Balaban J connectivity index is 0.00000133. The fraction of sp³-hybridized carbons (Fsp3) is 0.116. The minimum absolute atomic E-state index is 0.0902. The lowest BCUT2D eigenvalue weighted by Gasteiger charge is -2.43. The van der Waals surface area contributed by atoms with E-state index < -0.39 is 331 Å². The van der Waals surface area contributed by atoms with Gasteiger partial charge in [-0.2, -0.15) is 0 Å². The molecule has 0 amide bonds. The fourth-order valence-electron chi connectivity index (χ4n) is 11.9. The van der Waals surface area contributed by atoms with Gasteiger partial charge in [0, 0.05) is 6.04 Å². The van der Waals surface area contributed by atoms with Gasteiger partial charge in [0.1, 0.15) is 12.7 Å². The van der Waals surface area contributed by atoms with Gasteiger partial charge in [-0.15, -0.1) is 0 Å². The molecule has 0 aromatic heterocycles. The van der Waals surface area contributed by atoms with Gasteiger partial charge < -0.3 is 190 Å². The van der Waals surface area contributed by atoms with Crippen LogP contribution in [-0.2, 0) is 28.4 Å². The molecule has 134 heavy (non-hydrogen) atoms. The van der Waals surface area contributed by atoms with E-state index in [1.165, 1.54) is 0 Å². The summed E-state index contributed by atoms with van der Waals surface area (Å²) < 4.78 is 60.4. The molecule has 0 radical (unpaired) electrons. The molecule has 1 saturated heterocycles. The van der Waals surface area contributed by atoms with Crippen LogP contribution in [0.1, 0.15) is 122 Å². The van der Waals surface area contributed by atoms with Crippen molar-refractivity contribution in [2.24, 2.45) is 0 Å². The third-order valence-corrected chi connectivity index (χ3v) is 19.0. The van der Waals surface area contributed by atoms with Gasteiger partial charge in [-0.25, -0.2) is 47.9 Å². The maximum absolute atomic E-state index is 15.3. The van der Waals surface area contributed by atoms with Gasteiger partial charge >= 0.3 is 59.7 Å². The summed E-state index contributed by atoms with van der Waals surface area (Å²) in [5, 5.41) is 274. The van der Waals surface area contributed by atoms with Crippen LogP contribution in [0.3, 0.4) is 0 Å². The number of aromatic hydroxyl groups is 25. The zero-order valence-corrected chi connectivity index (χ0v) is 67.4. The van der Waals surface area contributed by atoms with Crippen molar-refractivity contribution < 1.29 is 233 Å². The first kappa shape index (κ1) is 95.7. The summed E-state index contributed by atoms with van der Waals surface area (Å²) in [6.07, 6.45) is -15.5. The van der Waals surface area contributed by atoms with Gasteiger partial charge in [-0.05, 0) is 141 Å². The van der Waals surface area contributed by atoms with Gasteiger partial charge in [0.05, 0.1) is 61.7 Å². The Labute approximate surface area is 743 Å². The molecule has 1 aliphatic heterocycles. The summed E-state index contributed by atoms with van der Waals surface area (Å²) in [4.78, 5) is 142. The number of likely N-dealkylation sites (N-methyl/N-ethyl adjacent to an activating group) is 1. The largest absolute Gasteiger partial charge is 0.504 e. The molecule has 27 N–H and O–H groups in total. The molecule has 11 aromatic rings. The molecule has 7 atom stereocenters. The number of aliphatic hydroxyl groups excluding tert-OH is 1.